The Morgan fingerprint density at radius 1 is 1.28 bits per heavy atom. The molecule has 1 aromatic heterocycles. The minimum Gasteiger partial charge on any atom is -0.346 e. The van der Waals surface area contributed by atoms with E-state index in [-0.39, 0.29) is 17.8 Å². The maximum Gasteiger partial charge on any atom is 0.256 e. The number of halogens is 1. The van der Waals surface area contributed by atoms with Crippen molar-refractivity contribution in [2.45, 2.75) is 39.8 Å². The Morgan fingerprint density at radius 2 is 2.04 bits per heavy atom. The van der Waals surface area contributed by atoms with Gasteiger partial charge in [0.25, 0.3) is 5.91 Å². The third-order valence-corrected chi connectivity index (χ3v) is 4.97. The summed E-state index contributed by atoms with van der Waals surface area (Å²) in [5.74, 6) is -0.246. The number of hydrogen-bond acceptors (Lipinski definition) is 2. The molecule has 1 fully saturated rings. The van der Waals surface area contributed by atoms with Gasteiger partial charge in [-0.3, -0.25) is 4.79 Å². The van der Waals surface area contributed by atoms with Crippen molar-refractivity contribution in [3.8, 4) is 0 Å². The lowest BCUT2D eigenvalue weighted by atomic mass is 10.0. The van der Waals surface area contributed by atoms with Crippen molar-refractivity contribution in [2.75, 3.05) is 19.6 Å². The molecule has 1 aromatic carbocycles. The molecule has 0 saturated carbocycles. The lowest BCUT2D eigenvalue weighted by Gasteiger charge is -2.36. The van der Waals surface area contributed by atoms with Gasteiger partial charge in [-0.15, -0.1) is 0 Å². The molecule has 0 radical (unpaired) electrons. The van der Waals surface area contributed by atoms with Crippen molar-refractivity contribution in [1.82, 2.24) is 14.8 Å². The van der Waals surface area contributed by atoms with Crippen LogP contribution in [0, 0.1) is 19.7 Å². The Bertz CT molecular complexity index is 781. The first-order chi connectivity index (χ1) is 11.9. The molecule has 1 atom stereocenters. The Morgan fingerprint density at radius 3 is 2.68 bits per heavy atom. The Hall–Kier alpha value is -2.14. The van der Waals surface area contributed by atoms with E-state index in [9.17, 15) is 9.18 Å². The van der Waals surface area contributed by atoms with E-state index in [1.54, 1.807) is 6.07 Å². The second kappa shape index (κ2) is 7.00. The number of carbonyl (C=O) groups excluding carboxylic acids is 1. The predicted octanol–water partition coefficient (Wildman–Crippen LogP) is 3.61. The zero-order chi connectivity index (χ0) is 18.1. The molecule has 4 nitrogen and oxygen atoms in total. The van der Waals surface area contributed by atoms with Gasteiger partial charge in [0, 0.05) is 37.1 Å². The summed E-state index contributed by atoms with van der Waals surface area (Å²) in [6, 6.07) is 8.67. The van der Waals surface area contributed by atoms with Crippen LogP contribution < -0.4 is 5.32 Å². The van der Waals surface area contributed by atoms with Crippen LogP contribution in [-0.4, -0.2) is 35.0 Å². The van der Waals surface area contributed by atoms with Crippen LogP contribution in [0.25, 0.3) is 0 Å². The predicted molar refractivity (Wildman–Crippen MR) is 97.3 cm³/mol. The van der Waals surface area contributed by atoms with Crippen molar-refractivity contribution < 1.29 is 9.18 Å². The standard InChI is InChI=1S/C20H26FN3O/c1-13(2)24-14(3)10-18(15(24)4)20(25)23-9-8-22-12-19(23)16-6-5-7-17(21)11-16/h5-7,10-11,13,19,22H,8-9,12H2,1-4H3. The van der Waals surface area contributed by atoms with Crippen LogP contribution in [-0.2, 0) is 0 Å². The summed E-state index contributed by atoms with van der Waals surface area (Å²) < 4.78 is 15.8. The van der Waals surface area contributed by atoms with Gasteiger partial charge in [-0.25, -0.2) is 4.39 Å². The van der Waals surface area contributed by atoms with E-state index in [0.717, 1.165) is 29.1 Å². The molecular weight excluding hydrogens is 317 g/mol. The minimum atomic E-state index is -0.270. The van der Waals surface area contributed by atoms with Gasteiger partial charge in [0.1, 0.15) is 5.82 Å². The summed E-state index contributed by atoms with van der Waals surface area (Å²) in [6.07, 6.45) is 0. The number of aromatic nitrogens is 1. The van der Waals surface area contributed by atoms with E-state index in [1.165, 1.54) is 12.1 Å². The number of amides is 1. The highest BCUT2D eigenvalue weighted by atomic mass is 19.1. The number of piperazine rings is 1. The molecule has 1 unspecified atom stereocenters. The molecule has 1 N–H and O–H groups in total. The molecule has 3 rings (SSSR count). The zero-order valence-electron chi connectivity index (χ0n) is 15.3. The molecular formula is C20H26FN3O. The van der Waals surface area contributed by atoms with Crippen molar-refractivity contribution in [2.24, 2.45) is 0 Å². The van der Waals surface area contributed by atoms with Gasteiger partial charge in [0.15, 0.2) is 0 Å². The van der Waals surface area contributed by atoms with E-state index < -0.39 is 0 Å². The number of nitrogens with one attached hydrogen (secondary N) is 1. The van der Waals surface area contributed by atoms with Crippen LogP contribution in [0.5, 0.6) is 0 Å². The molecule has 2 heterocycles. The third kappa shape index (κ3) is 3.33. The first kappa shape index (κ1) is 17.7. The van der Waals surface area contributed by atoms with Crippen molar-refractivity contribution in [1.29, 1.82) is 0 Å². The number of rotatable bonds is 3. The number of aryl methyl sites for hydroxylation is 1. The number of carbonyl (C=O) groups is 1. The smallest absolute Gasteiger partial charge is 0.256 e. The maximum absolute atomic E-state index is 13.7. The lowest BCUT2D eigenvalue weighted by Crippen LogP contribution is -2.48. The molecule has 0 spiro atoms. The van der Waals surface area contributed by atoms with Crippen LogP contribution in [0.4, 0.5) is 4.39 Å². The van der Waals surface area contributed by atoms with Gasteiger partial charge in [0.2, 0.25) is 0 Å². The molecule has 0 bridgehead atoms. The molecule has 25 heavy (non-hydrogen) atoms. The van der Waals surface area contributed by atoms with Crippen LogP contribution in [0.1, 0.15) is 53.2 Å². The fraction of sp³-hybridized carbons (Fsp3) is 0.450. The van der Waals surface area contributed by atoms with Crippen molar-refractivity contribution in [3.05, 3.63) is 58.7 Å². The topological polar surface area (TPSA) is 37.3 Å². The molecule has 5 heteroatoms. The molecule has 2 aromatic rings. The summed E-state index contributed by atoms with van der Waals surface area (Å²) >= 11 is 0. The average molecular weight is 343 g/mol. The Labute approximate surface area is 148 Å². The van der Waals surface area contributed by atoms with Crippen molar-refractivity contribution >= 4 is 5.91 Å². The van der Waals surface area contributed by atoms with Crippen LogP contribution in [0.3, 0.4) is 0 Å². The maximum atomic E-state index is 13.7. The SMILES string of the molecule is Cc1cc(C(=O)N2CCNCC2c2cccc(F)c2)c(C)n1C(C)C. The monoisotopic (exact) mass is 343 g/mol. The molecule has 1 saturated heterocycles. The second-order valence-corrected chi connectivity index (χ2v) is 7.02. The highest BCUT2D eigenvalue weighted by Gasteiger charge is 2.30. The molecule has 0 aliphatic carbocycles. The molecule has 1 aliphatic heterocycles. The van der Waals surface area contributed by atoms with Crippen LogP contribution in [0.2, 0.25) is 0 Å². The van der Waals surface area contributed by atoms with Gasteiger partial charge in [0.05, 0.1) is 11.6 Å². The summed E-state index contributed by atoms with van der Waals surface area (Å²) in [5, 5.41) is 3.32. The lowest BCUT2D eigenvalue weighted by molar-refractivity contribution is 0.0633. The van der Waals surface area contributed by atoms with Gasteiger partial charge in [-0.2, -0.15) is 0 Å². The quantitative estimate of drug-likeness (QED) is 0.924. The third-order valence-electron chi connectivity index (χ3n) is 4.97. The first-order valence-electron chi connectivity index (χ1n) is 8.85. The largest absolute Gasteiger partial charge is 0.346 e. The fourth-order valence-corrected chi connectivity index (χ4v) is 3.90. The zero-order valence-corrected chi connectivity index (χ0v) is 15.3. The summed E-state index contributed by atoms with van der Waals surface area (Å²) in [4.78, 5) is 15.1. The van der Waals surface area contributed by atoms with E-state index in [0.29, 0.717) is 19.1 Å². The Kier molecular flexibility index (Phi) is 4.95. The highest BCUT2D eigenvalue weighted by molar-refractivity contribution is 5.96. The van der Waals surface area contributed by atoms with Gasteiger partial charge < -0.3 is 14.8 Å². The van der Waals surface area contributed by atoms with Crippen LogP contribution >= 0.6 is 0 Å². The Balaban J connectivity index is 1.96. The summed E-state index contributed by atoms with van der Waals surface area (Å²) in [6.45, 7) is 10.3. The van der Waals surface area contributed by atoms with Crippen molar-refractivity contribution in [3.63, 3.8) is 0 Å². The average Bonchev–Trinajstić information content (AvgIpc) is 2.89. The minimum absolute atomic E-state index is 0.0239. The fourth-order valence-electron chi connectivity index (χ4n) is 3.90. The van der Waals surface area contributed by atoms with E-state index in [1.807, 2.05) is 30.9 Å². The summed E-state index contributed by atoms with van der Waals surface area (Å²) in [5.41, 5.74) is 3.66. The summed E-state index contributed by atoms with van der Waals surface area (Å²) in [7, 11) is 0. The van der Waals surface area contributed by atoms with E-state index in [4.69, 9.17) is 0 Å². The van der Waals surface area contributed by atoms with E-state index >= 15 is 0 Å². The van der Waals surface area contributed by atoms with E-state index in [2.05, 4.69) is 23.7 Å². The van der Waals surface area contributed by atoms with Gasteiger partial charge >= 0.3 is 0 Å². The number of hydrogen-bond donors (Lipinski definition) is 1. The van der Waals surface area contributed by atoms with Gasteiger partial charge in [-0.05, 0) is 51.5 Å². The molecule has 1 aliphatic rings. The number of benzene rings is 1. The second-order valence-electron chi connectivity index (χ2n) is 7.02. The van der Waals surface area contributed by atoms with Crippen LogP contribution in [0.15, 0.2) is 30.3 Å². The number of nitrogens with zero attached hydrogens (tertiary/aromatic N) is 2. The molecule has 134 valence electrons. The highest BCUT2D eigenvalue weighted by Crippen LogP contribution is 2.28. The normalized spacial score (nSPS) is 18.0. The molecule has 1 amide bonds. The first-order valence-corrected chi connectivity index (χ1v) is 8.85. The van der Waals surface area contributed by atoms with Gasteiger partial charge in [-0.1, -0.05) is 12.1 Å².